The molecular formula is C29H50N2O2. The predicted molar refractivity (Wildman–Crippen MR) is 133 cm³/mol. The lowest BCUT2D eigenvalue weighted by Crippen LogP contribution is -2.59. The van der Waals surface area contributed by atoms with E-state index in [-0.39, 0.29) is 11.5 Å². The van der Waals surface area contributed by atoms with Crippen LogP contribution >= 0.6 is 0 Å². The minimum atomic E-state index is -0.112. The standard InChI is InChI=1S/C29H50N2O2/c1-20-17-21-7-8-22-23(29(21,3)19-26(20)31-13-15-33-16-14-31)9-10-28(2)24(22)18-25(27(28)32)30-11-5-4-6-12-30/h20-27,32H,4-19H2,1-3H3/t20?,21?,22-,23-,24+,25?,26?,27?,28+,29+/m1/s1. The number of morpholine rings is 1. The Balaban J connectivity index is 1.24. The van der Waals surface area contributed by atoms with Crippen molar-refractivity contribution in [1.82, 2.24) is 9.80 Å². The zero-order valence-corrected chi connectivity index (χ0v) is 21.7. The van der Waals surface area contributed by atoms with E-state index in [1.54, 1.807) is 0 Å². The number of hydrogen-bond acceptors (Lipinski definition) is 4. The van der Waals surface area contributed by atoms with Crippen molar-refractivity contribution in [2.45, 2.75) is 103 Å². The molecule has 6 fully saturated rings. The topological polar surface area (TPSA) is 35.9 Å². The zero-order chi connectivity index (χ0) is 22.8. The van der Waals surface area contributed by atoms with Gasteiger partial charge in [-0.1, -0.05) is 27.2 Å². The number of fused-ring (bicyclic) bond motifs is 5. The molecule has 0 radical (unpaired) electrons. The van der Waals surface area contributed by atoms with Gasteiger partial charge in [0.1, 0.15) is 0 Å². The van der Waals surface area contributed by atoms with Crippen molar-refractivity contribution in [1.29, 1.82) is 0 Å². The summed E-state index contributed by atoms with van der Waals surface area (Å²) in [5.74, 6) is 4.19. The number of hydrogen-bond donors (Lipinski definition) is 1. The third kappa shape index (κ3) is 3.67. The fourth-order valence-electron chi connectivity index (χ4n) is 10.5. The first kappa shape index (κ1) is 23.3. The molecule has 6 aliphatic rings. The van der Waals surface area contributed by atoms with Crippen LogP contribution < -0.4 is 0 Å². The second kappa shape index (κ2) is 8.75. The van der Waals surface area contributed by atoms with Crippen molar-refractivity contribution in [3.63, 3.8) is 0 Å². The Hall–Kier alpha value is -0.160. The second-order valence-electron chi connectivity index (χ2n) is 13.7. The molecule has 0 aromatic carbocycles. The minimum Gasteiger partial charge on any atom is -0.391 e. The van der Waals surface area contributed by atoms with E-state index in [4.69, 9.17) is 4.74 Å². The summed E-state index contributed by atoms with van der Waals surface area (Å²) in [6.45, 7) is 14.3. The third-order valence-corrected chi connectivity index (χ3v) is 12.4. The van der Waals surface area contributed by atoms with Crippen molar-refractivity contribution in [2.75, 3.05) is 39.4 Å². The smallest absolute Gasteiger partial charge is 0.0751 e. The van der Waals surface area contributed by atoms with Crippen LogP contribution in [-0.4, -0.2) is 72.5 Å². The monoisotopic (exact) mass is 458 g/mol. The van der Waals surface area contributed by atoms with Gasteiger partial charge in [0, 0.05) is 25.2 Å². The molecule has 0 amide bonds. The first-order chi connectivity index (χ1) is 15.9. The van der Waals surface area contributed by atoms with Gasteiger partial charge in [-0.2, -0.15) is 0 Å². The Morgan fingerprint density at radius 3 is 2.27 bits per heavy atom. The van der Waals surface area contributed by atoms with Crippen LogP contribution in [0, 0.1) is 40.4 Å². The molecule has 0 aromatic heterocycles. The van der Waals surface area contributed by atoms with Crippen LogP contribution in [0.2, 0.25) is 0 Å². The number of likely N-dealkylation sites (tertiary alicyclic amines) is 1. The summed E-state index contributed by atoms with van der Waals surface area (Å²) in [5.41, 5.74) is 0.645. The summed E-state index contributed by atoms with van der Waals surface area (Å²) < 4.78 is 5.70. The van der Waals surface area contributed by atoms with Crippen molar-refractivity contribution in [2.24, 2.45) is 40.4 Å². The molecule has 10 atom stereocenters. The van der Waals surface area contributed by atoms with E-state index >= 15 is 0 Å². The van der Waals surface area contributed by atoms with Gasteiger partial charge in [0.15, 0.2) is 0 Å². The SMILES string of the molecule is CC1CC2CC[C@@H]3[C@@H](CC[C@]4(C)C(O)C(N5CCCCC5)C[C@@H]34)[C@@]2(C)CC1N1CCOCC1. The molecule has 2 aliphatic heterocycles. The van der Waals surface area contributed by atoms with Crippen LogP contribution in [0.15, 0.2) is 0 Å². The summed E-state index contributed by atoms with van der Waals surface area (Å²) in [4.78, 5) is 5.48. The molecule has 5 unspecified atom stereocenters. The maximum atomic E-state index is 11.7. The molecule has 4 nitrogen and oxygen atoms in total. The highest BCUT2D eigenvalue weighted by molar-refractivity contribution is 5.14. The highest BCUT2D eigenvalue weighted by Crippen LogP contribution is 2.67. The number of ether oxygens (including phenoxy) is 1. The van der Waals surface area contributed by atoms with Crippen LogP contribution in [-0.2, 0) is 4.74 Å². The van der Waals surface area contributed by atoms with E-state index in [0.29, 0.717) is 11.5 Å². The zero-order valence-electron chi connectivity index (χ0n) is 21.7. The quantitative estimate of drug-likeness (QED) is 0.645. The second-order valence-corrected chi connectivity index (χ2v) is 13.7. The molecule has 188 valence electrons. The van der Waals surface area contributed by atoms with Crippen molar-refractivity contribution in [3.8, 4) is 0 Å². The highest BCUT2D eigenvalue weighted by Gasteiger charge is 2.63. The van der Waals surface area contributed by atoms with Gasteiger partial charge < -0.3 is 9.84 Å². The lowest BCUT2D eigenvalue weighted by atomic mass is 9.44. The van der Waals surface area contributed by atoms with Crippen LogP contribution in [0.5, 0.6) is 0 Å². The van der Waals surface area contributed by atoms with Crippen LogP contribution in [0.1, 0.15) is 85.0 Å². The average molecular weight is 459 g/mol. The average Bonchev–Trinajstić information content (AvgIpc) is 3.11. The molecule has 4 heteroatoms. The summed E-state index contributed by atoms with van der Waals surface area (Å²) in [7, 11) is 0. The highest BCUT2D eigenvalue weighted by atomic mass is 16.5. The molecule has 2 heterocycles. The van der Waals surface area contributed by atoms with Crippen LogP contribution in [0.4, 0.5) is 0 Å². The van der Waals surface area contributed by atoms with Crippen LogP contribution in [0.25, 0.3) is 0 Å². The van der Waals surface area contributed by atoms with Gasteiger partial charge in [0.05, 0.1) is 19.3 Å². The van der Waals surface area contributed by atoms with Crippen LogP contribution in [0.3, 0.4) is 0 Å². The van der Waals surface area contributed by atoms with E-state index in [9.17, 15) is 5.11 Å². The lowest BCUT2D eigenvalue weighted by Gasteiger charge is -2.62. The largest absolute Gasteiger partial charge is 0.391 e. The molecular weight excluding hydrogens is 408 g/mol. The molecule has 4 saturated carbocycles. The maximum Gasteiger partial charge on any atom is 0.0751 e. The fourth-order valence-corrected chi connectivity index (χ4v) is 10.5. The minimum absolute atomic E-state index is 0.112. The van der Waals surface area contributed by atoms with Crippen molar-refractivity contribution >= 4 is 0 Å². The Labute approximate surface area is 202 Å². The Kier molecular flexibility index (Phi) is 6.16. The number of aliphatic hydroxyl groups excluding tert-OH is 1. The normalized spacial score (nSPS) is 53.8. The number of rotatable bonds is 2. The summed E-state index contributed by atoms with van der Waals surface area (Å²) in [5, 5.41) is 11.7. The van der Waals surface area contributed by atoms with Gasteiger partial charge in [0.2, 0.25) is 0 Å². The van der Waals surface area contributed by atoms with Gasteiger partial charge in [0.25, 0.3) is 0 Å². The van der Waals surface area contributed by atoms with Gasteiger partial charge in [-0.05, 0) is 111 Å². The molecule has 1 N–H and O–H groups in total. The number of aliphatic hydroxyl groups is 1. The van der Waals surface area contributed by atoms with E-state index in [1.807, 2.05) is 0 Å². The number of nitrogens with zero attached hydrogens (tertiary/aromatic N) is 2. The van der Waals surface area contributed by atoms with Gasteiger partial charge in [-0.25, -0.2) is 0 Å². The fraction of sp³-hybridized carbons (Fsp3) is 1.00. The molecule has 6 rings (SSSR count). The summed E-state index contributed by atoms with van der Waals surface area (Å²) in [6.07, 6.45) is 13.5. The van der Waals surface area contributed by atoms with Crippen molar-refractivity contribution in [3.05, 3.63) is 0 Å². The Morgan fingerprint density at radius 2 is 1.52 bits per heavy atom. The summed E-state index contributed by atoms with van der Waals surface area (Å²) >= 11 is 0. The Morgan fingerprint density at radius 1 is 0.788 bits per heavy atom. The lowest BCUT2D eigenvalue weighted by molar-refractivity contribution is -0.145. The molecule has 0 aromatic rings. The van der Waals surface area contributed by atoms with E-state index in [0.717, 1.165) is 61.9 Å². The van der Waals surface area contributed by atoms with Gasteiger partial charge >= 0.3 is 0 Å². The Bertz CT molecular complexity index is 704. The van der Waals surface area contributed by atoms with Gasteiger partial charge in [-0.3, -0.25) is 9.80 Å². The molecule has 0 spiro atoms. The molecule has 0 bridgehead atoms. The first-order valence-electron chi connectivity index (χ1n) is 14.7. The maximum absolute atomic E-state index is 11.7. The molecule has 2 saturated heterocycles. The first-order valence-corrected chi connectivity index (χ1v) is 14.7. The number of piperidine rings is 1. The van der Waals surface area contributed by atoms with E-state index in [2.05, 4.69) is 30.6 Å². The molecule has 33 heavy (non-hydrogen) atoms. The predicted octanol–water partition coefficient (Wildman–Crippen LogP) is 4.80. The van der Waals surface area contributed by atoms with E-state index in [1.165, 1.54) is 77.3 Å². The molecule has 4 aliphatic carbocycles. The van der Waals surface area contributed by atoms with Gasteiger partial charge in [-0.15, -0.1) is 0 Å². The van der Waals surface area contributed by atoms with E-state index < -0.39 is 0 Å². The van der Waals surface area contributed by atoms with Crippen molar-refractivity contribution < 1.29 is 9.84 Å². The third-order valence-electron chi connectivity index (χ3n) is 12.4. The summed E-state index contributed by atoms with van der Waals surface area (Å²) in [6, 6.07) is 1.18.